The molecule has 0 heterocycles. The van der Waals surface area contributed by atoms with Crippen LogP contribution in [0.1, 0.15) is 10.4 Å². The number of carbonyl (C=O) groups is 2. The summed E-state index contributed by atoms with van der Waals surface area (Å²) in [5.74, 6) is 1.02. The molecule has 0 aliphatic heterocycles. The van der Waals surface area contributed by atoms with E-state index in [2.05, 4.69) is 5.32 Å². The summed E-state index contributed by atoms with van der Waals surface area (Å²) < 4.78 is 5.05. The van der Waals surface area contributed by atoms with Gasteiger partial charge in [0.1, 0.15) is 5.75 Å². The monoisotopic (exact) mass is 349 g/mol. The lowest BCUT2D eigenvalue weighted by molar-refractivity contribution is -0.113. The van der Waals surface area contributed by atoms with E-state index in [9.17, 15) is 9.59 Å². The van der Waals surface area contributed by atoms with Crippen LogP contribution in [0.4, 0.5) is 5.69 Å². The first-order valence-corrected chi connectivity index (χ1v) is 8.42. The Labute approximate surface area is 144 Å². The maximum Gasteiger partial charge on any atom is 0.234 e. The van der Waals surface area contributed by atoms with Crippen molar-refractivity contribution >= 4 is 40.7 Å². The zero-order chi connectivity index (χ0) is 16.7. The van der Waals surface area contributed by atoms with Crippen LogP contribution in [0.3, 0.4) is 0 Å². The van der Waals surface area contributed by atoms with Crippen LogP contribution in [-0.4, -0.2) is 30.3 Å². The lowest BCUT2D eigenvalue weighted by Gasteiger charge is -2.06. The number of ketones is 1. The molecule has 120 valence electrons. The molecule has 0 saturated carbocycles. The predicted molar refractivity (Wildman–Crippen MR) is 94.7 cm³/mol. The lowest BCUT2D eigenvalue weighted by atomic mass is 10.1. The molecule has 6 heteroatoms. The number of amides is 1. The summed E-state index contributed by atoms with van der Waals surface area (Å²) in [4.78, 5) is 23.8. The number of Topliss-reactive ketones (excluding diaryl/α,β-unsaturated/α-hetero) is 1. The molecule has 4 nitrogen and oxygen atoms in total. The zero-order valence-corrected chi connectivity index (χ0v) is 14.1. The van der Waals surface area contributed by atoms with Gasteiger partial charge in [-0.05, 0) is 48.5 Å². The highest BCUT2D eigenvalue weighted by atomic mass is 35.5. The SMILES string of the molecule is COc1ccc(NC(=O)CSCC(=O)c2ccc(Cl)cc2)cc1. The molecule has 0 atom stereocenters. The van der Waals surface area contributed by atoms with Crippen molar-refractivity contribution in [2.75, 3.05) is 23.9 Å². The Morgan fingerprint density at radius 3 is 2.30 bits per heavy atom. The summed E-state index contributed by atoms with van der Waals surface area (Å²) in [5.41, 5.74) is 1.29. The third-order valence-electron chi connectivity index (χ3n) is 3.01. The zero-order valence-electron chi connectivity index (χ0n) is 12.5. The first kappa shape index (κ1) is 17.4. The molecule has 0 saturated heterocycles. The van der Waals surface area contributed by atoms with Gasteiger partial charge in [-0.2, -0.15) is 0 Å². The fourth-order valence-electron chi connectivity index (χ4n) is 1.83. The van der Waals surface area contributed by atoms with Crippen LogP contribution in [0.25, 0.3) is 0 Å². The van der Waals surface area contributed by atoms with Crippen LogP contribution in [0.2, 0.25) is 5.02 Å². The third-order valence-corrected chi connectivity index (χ3v) is 4.19. The van der Waals surface area contributed by atoms with E-state index < -0.39 is 0 Å². The first-order chi connectivity index (χ1) is 11.1. The Morgan fingerprint density at radius 1 is 1.04 bits per heavy atom. The maximum atomic E-state index is 12.0. The van der Waals surface area contributed by atoms with Gasteiger partial charge in [0.15, 0.2) is 5.78 Å². The highest BCUT2D eigenvalue weighted by Crippen LogP contribution is 2.16. The molecule has 2 aromatic rings. The Kier molecular flexibility index (Phi) is 6.50. The second-order valence-corrected chi connectivity index (χ2v) is 6.12. The van der Waals surface area contributed by atoms with Crippen molar-refractivity contribution in [1.29, 1.82) is 0 Å². The number of rotatable bonds is 7. The molecule has 0 spiro atoms. The molecule has 1 amide bonds. The van der Waals surface area contributed by atoms with Crippen LogP contribution >= 0.6 is 23.4 Å². The summed E-state index contributed by atoms with van der Waals surface area (Å²) in [5, 5.41) is 3.36. The molecule has 2 aromatic carbocycles. The van der Waals surface area contributed by atoms with Gasteiger partial charge in [-0.3, -0.25) is 9.59 Å². The molecule has 0 radical (unpaired) electrons. The van der Waals surface area contributed by atoms with Gasteiger partial charge in [0.2, 0.25) is 5.91 Å². The number of ether oxygens (including phenoxy) is 1. The average molecular weight is 350 g/mol. The number of carbonyl (C=O) groups excluding carboxylic acids is 2. The van der Waals surface area contributed by atoms with E-state index in [1.54, 1.807) is 55.6 Å². The number of methoxy groups -OCH3 is 1. The third kappa shape index (κ3) is 5.62. The highest BCUT2D eigenvalue weighted by Gasteiger charge is 2.08. The number of nitrogens with one attached hydrogen (secondary N) is 1. The van der Waals surface area contributed by atoms with E-state index in [1.165, 1.54) is 11.8 Å². The first-order valence-electron chi connectivity index (χ1n) is 6.89. The molecule has 0 unspecified atom stereocenters. The number of thioether (sulfide) groups is 1. The summed E-state index contributed by atoms with van der Waals surface area (Å²) in [6.45, 7) is 0. The minimum Gasteiger partial charge on any atom is -0.497 e. The molecule has 0 fully saturated rings. The van der Waals surface area contributed by atoms with E-state index in [-0.39, 0.29) is 23.2 Å². The van der Waals surface area contributed by atoms with Gasteiger partial charge < -0.3 is 10.1 Å². The average Bonchev–Trinajstić information content (AvgIpc) is 2.56. The summed E-state index contributed by atoms with van der Waals surface area (Å²) in [6.07, 6.45) is 0. The van der Waals surface area contributed by atoms with Crippen molar-refractivity contribution in [1.82, 2.24) is 0 Å². The minimum absolute atomic E-state index is 0.0242. The van der Waals surface area contributed by atoms with Crippen LogP contribution in [0.5, 0.6) is 5.75 Å². The lowest BCUT2D eigenvalue weighted by Crippen LogP contribution is -2.15. The smallest absolute Gasteiger partial charge is 0.234 e. The second kappa shape index (κ2) is 8.60. The van der Waals surface area contributed by atoms with Crippen LogP contribution in [0.15, 0.2) is 48.5 Å². The Hall–Kier alpha value is -1.98. The van der Waals surface area contributed by atoms with Crippen molar-refractivity contribution in [3.8, 4) is 5.75 Å². The topological polar surface area (TPSA) is 55.4 Å². The van der Waals surface area contributed by atoms with Gasteiger partial charge in [0.05, 0.1) is 18.6 Å². The molecular weight excluding hydrogens is 334 g/mol. The Bertz CT molecular complexity index is 671. The van der Waals surface area contributed by atoms with Gasteiger partial charge >= 0.3 is 0 Å². The standard InChI is InChI=1S/C17H16ClNO3S/c1-22-15-8-6-14(7-9-15)19-17(21)11-23-10-16(20)12-2-4-13(18)5-3-12/h2-9H,10-11H2,1H3,(H,19,21). The van der Waals surface area contributed by atoms with Crippen molar-refractivity contribution in [3.05, 3.63) is 59.1 Å². The fraction of sp³-hybridized carbons (Fsp3) is 0.176. The molecular formula is C17H16ClNO3S. The van der Waals surface area contributed by atoms with E-state index >= 15 is 0 Å². The number of benzene rings is 2. The van der Waals surface area contributed by atoms with E-state index in [0.29, 0.717) is 16.3 Å². The fourth-order valence-corrected chi connectivity index (χ4v) is 2.66. The quantitative estimate of drug-likeness (QED) is 0.770. The predicted octanol–water partition coefficient (Wildman–Crippen LogP) is 3.90. The Balaban J connectivity index is 1.75. The summed E-state index contributed by atoms with van der Waals surface area (Å²) >= 11 is 7.06. The van der Waals surface area contributed by atoms with Crippen molar-refractivity contribution in [3.63, 3.8) is 0 Å². The molecule has 23 heavy (non-hydrogen) atoms. The Morgan fingerprint density at radius 2 is 1.70 bits per heavy atom. The molecule has 2 rings (SSSR count). The number of hydrogen-bond donors (Lipinski definition) is 1. The van der Waals surface area contributed by atoms with Gasteiger partial charge in [-0.1, -0.05) is 11.6 Å². The van der Waals surface area contributed by atoms with E-state index in [4.69, 9.17) is 16.3 Å². The van der Waals surface area contributed by atoms with Crippen LogP contribution in [-0.2, 0) is 4.79 Å². The molecule has 0 aromatic heterocycles. The largest absolute Gasteiger partial charge is 0.497 e. The van der Waals surface area contributed by atoms with Crippen molar-refractivity contribution in [2.45, 2.75) is 0 Å². The normalized spacial score (nSPS) is 10.2. The van der Waals surface area contributed by atoms with E-state index in [1.807, 2.05) is 0 Å². The number of anilines is 1. The summed E-state index contributed by atoms with van der Waals surface area (Å²) in [7, 11) is 1.59. The minimum atomic E-state index is -0.149. The molecule has 0 aliphatic carbocycles. The van der Waals surface area contributed by atoms with Crippen molar-refractivity contribution < 1.29 is 14.3 Å². The maximum absolute atomic E-state index is 12.0. The summed E-state index contributed by atoms with van der Waals surface area (Å²) in [6, 6.07) is 13.8. The number of hydrogen-bond acceptors (Lipinski definition) is 4. The van der Waals surface area contributed by atoms with Gasteiger partial charge in [-0.15, -0.1) is 11.8 Å². The van der Waals surface area contributed by atoms with Gasteiger partial charge in [0.25, 0.3) is 0 Å². The highest BCUT2D eigenvalue weighted by molar-refractivity contribution is 8.00. The van der Waals surface area contributed by atoms with Gasteiger partial charge in [-0.25, -0.2) is 0 Å². The second-order valence-electron chi connectivity index (χ2n) is 4.70. The van der Waals surface area contributed by atoms with Crippen molar-refractivity contribution in [2.24, 2.45) is 0 Å². The van der Waals surface area contributed by atoms with Crippen LogP contribution < -0.4 is 10.1 Å². The van der Waals surface area contributed by atoms with Crippen LogP contribution in [0, 0.1) is 0 Å². The molecule has 1 N–H and O–H groups in total. The van der Waals surface area contributed by atoms with Gasteiger partial charge in [0, 0.05) is 16.3 Å². The molecule has 0 aliphatic rings. The van der Waals surface area contributed by atoms with E-state index in [0.717, 1.165) is 5.75 Å². The molecule has 0 bridgehead atoms. The number of halogens is 1.